The number of aryl methyl sites for hydroxylation is 2. The number of para-hydroxylation sites is 2. The van der Waals surface area contributed by atoms with Gasteiger partial charge in [-0.1, -0.05) is 18.2 Å². The number of rotatable bonds is 9. The first-order valence-electron chi connectivity index (χ1n) is 9.68. The molecule has 2 aromatic carbocycles. The number of methoxy groups -OCH3 is 1. The van der Waals surface area contributed by atoms with Crippen molar-refractivity contribution in [2.75, 3.05) is 31.7 Å². The number of hydrogen-bond acceptors (Lipinski definition) is 6. The molecule has 2 amide bonds. The van der Waals surface area contributed by atoms with Crippen molar-refractivity contribution in [1.29, 1.82) is 5.26 Å². The molecule has 2 aromatic rings. The van der Waals surface area contributed by atoms with Crippen molar-refractivity contribution in [1.82, 2.24) is 5.32 Å². The van der Waals surface area contributed by atoms with Gasteiger partial charge in [0.15, 0.2) is 6.61 Å². The maximum atomic E-state index is 12.6. The van der Waals surface area contributed by atoms with E-state index >= 15 is 0 Å². The molecule has 0 spiro atoms. The van der Waals surface area contributed by atoms with Crippen LogP contribution in [0, 0.1) is 25.2 Å². The molecule has 1 N–H and O–H groups in total. The fraction of sp³-hybridized carbons (Fsp3) is 0.304. The van der Waals surface area contributed by atoms with Gasteiger partial charge in [-0.25, -0.2) is 0 Å². The van der Waals surface area contributed by atoms with Crippen molar-refractivity contribution in [2.24, 2.45) is 0 Å². The standard InChI is InChI=1S/C23H25N3O5/c1-16-9-10-18(13-17(16)2)23(29)25-14-22(28)31-15-21(27)26(12-6-11-24)19-7-4-5-8-20(19)30-3/h4-5,7-10,13H,6,12,14-15H2,1-3H3,(H,25,29). The number of hydrogen-bond donors (Lipinski definition) is 1. The number of carbonyl (C=O) groups excluding carboxylic acids is 3. The van der Waals surface area contributed by atoms with E-state index < -0.39 is 24.4 Å². The van der Waals surface area contributed by atoms with Crippen LogP contribution < -0.4 is 15.0 Å². The van der Waals surface area contributed by atoms with Crippen molar-refractivity contribution < 1.29 is 23.9 Å². The molecule has 0 bridgehead atoms. The van der Waals surface area contributed by atoms with Crippen molar-refractivity contribution in [3.05, 3.63) is 59.2 Å². The molecule has 0 saturated heterocycles. The van der Waals surface area contributed by atoms with Crippen LogP contribution in [-0.2, 0) is 14.3 Å². The van der Waals surface area contributed by atoms with Crippen molar-refractivity contribution in [2.45, 2.75) is 20.3 Å². The summed E-state index contributed by atoms with van der Waals surface area (Å²) in [6.07, 6.45) is 0.101. The summed E-state index contributed by atoms with van der Waals surface area (Å²) in [5.41, 5.74) is 2.94. The van der Waals surface area contributed by atoms with Crippen LogP contribution in [0.1, 0.15) is 27.9 Å². The molecular weight excluding hydrogens is 398 g/mol. The van der Waals surface area contributed by atoms with Gasteiger partial charge in [0.2, 0.25) is 0 Å². The van der Waals surface area contributed by atoms with Gasteiger partial charge in [0.05, 0.1) is 25.3 Å². The first-order valence-corrected chi connectivity index (χ1v) is 9.68. The zero-order valence-electron chi connectivity index (χ0n) is 17.8. The number of ether oxygens (including phenoxy) is 2. The molecule has 8 nitrogen and oxygen atoms in total. The Bertz CT molecular complexity index is 997. The number of carbonyl (C=O) groups is 3. The molecule has 31 heavy (non-hydrogen) atoms. The van der Waals surface area contributed by atoms with Crippen LogP contribution in [0.5, 0.6) is 5.75 Å². The monoisotopic (exact) mass is 423 g/mol. The highest BCUT2D eigenvalue weighted by atomic mass is 16.5. The molecule has 0 aliphatic heterocycles. The zero-order valence-corrected chi connectivity index (χ0v) is 17.8. The van der Waals surface area contributed by atoms with Crippen LogP contribution in [0.2, 0.25) is 0 Å². The number of nitrogens with one attached hydrogen (secondary N) is 1. The lowest BCUT2D eigenvalue weighted by Gasteiger charge is -2.23. The van der Waals surface area contributed by atoms with Crippen LogP contribution in [-0.4, -0.2) is 44.6 Å². The summed E-state index contributed by atoms with van der Waals surface area (Å²) in [4.78, 5) is 38.2. The fourth-order valence-corrected chi connectivity index (χ4v) is 2.80. The summed E-state index contributed by atoms with van der Waals surface area (Å²) >= 11 is 0. The SMILES string of the molecule is COc1ccccc1N(CCC#N)C(=O)COC(=O)CNC(=O)c1ccc(C)c(C)c1. The molecule has 0 aliphatic rings. The van der Waals surface area contributed by atoms with E-state index in [1.807, 2.05) is 26.0 Å². The van der Waals surface area contributed by atoms with E-state index in [0.717, 1.165) is 11.1 Å². The Morgan fingerprint density at radius 2 is 1.84 bits per heavy atom. The molecule has 0 atom stereocenters. The molecule has 0 unspecified atom stereocenters. The molecule has 0 heterocycles. The molecule has 2 rings (SSSR count). The highest BCUT2D eigenvalue weighted by molar-refractivity contribution is 5.98. The quantitative estimate of drug-likeness (QED) is 0.621. The average Bonchev–Trinajstić information content (AvgIpc) is 2.78. The summed E-state index contributed by atoms with van der Waals surface area (Å²) in [6.45, 7) is 3.06. The predicted octanol–water partition coefficient (Wildman–Crippen LogP) is 2.53. The van der Waals surface area contributed by atoms with Crippen molar-refractivity contribution in [3.63, 3.8) is 0 Å². The molecule has 0 radical (unpaired) electrons. The Hall–Kier alpha value is -3.86. The van der Waals surface area contributed by atoms with E-state index in [0.29, 0.717) is 17.0 Å². The van der Waals surface area contributed by atoms with Crippen LogP contribution in [0.25, 0.3) is 0 Å². The number of nitrogens with zero attached hydrogens (tertiary/aromatic N) is 2. The summed E-state index contributed by atoms with van der Waals surface area (Å²) in [6, 6.07) is 14.1. The maximum absolute atomic E-state index is 12.6. The van der Waals surface area contributed by atoms with E-state index in [4.69, 9.17) is 14.7 Å². The zero-order chi connectivity index (χ0) is 22.8. The van der Waals surface area contributed by atoms with Gasteiger partial charge in [0, 0.05) is 12.1 Å². The Labute approximate surface area is 181 Å². The minimum absolute atomic E-state index is 0.101. The Kier molecular flexibility index (Phi) is 8.58. The van der Waals surface area contributed by atoms with Crippen LogP contribution >= 0.6 is 0 Å². The average molecular weight is 423 g/mol. The number of nitriles is 1. The van der Waals surface area contributed by atoms with Gasteiger partial charge in [-0.15, -0.1) is 0 Å². The maximum Gasteiger partial charge on any atom is 0.325 e. The van der Waals surface area contributed by atoms with Gasteiger partial charge < -0.3 is 19.7 Å². The van der Waals surface area contributed by atoms with Crippen molar-refractivity contribution in [3.8, 4) is 11.8 Å². The molecular formula is C23H25N3O5. The van der Waals surface area contributed by atoms with E-state index in [9.17, 15) is 14.4 Å². The molecule has 162 valence electrons. The third kappa shape index (κ3) is 6.57. The summed E-state index contributed by atoms with van der Waals surface area (Å²) in [5, 5.41) is 11.4. The van der Waals surface area contributed by atoms with E-state index in [1.165, 1.54) is 12.0 Å². The molecule has 0 saturated carbocycles. The third-order valence-electron chi connectivity index (χ3n) is 4.64. The van der Waals surface area contributed by atoms with Gasteiger partial charge in [0.1, 0.15) is 12.3 Å². The van der Waals surface area contributed by atoms with E-state index in [2.05, 4.69) is 5.32 Å². The Balaban J connectivity index is 1.94. The largest absolute Gasteiger partial charge is 0.495 e. The number of amides is 2. The fourth-order valence-electron chi connectivity index (χ4n) is 2.80. The third-order valence-corrected chi connectivity index (χ3v) is 4.64. The first kappa shape index (κ1) is 23.4. The number of esters is 1. The number of benzene rings is 2. The normalized spacial score (nSPS) is 10.0. The highest BCUT2D eigenvalue weighted by Crippen LogP contribution is 2.28. The van der Waals surface area contributed by atoms with E-state index in [-0.39, 0.29) is 19.5 Å². The molecule has 0 aromatic heterocycles. The van der Waals surface area contributed by atoms with Crippen LogP contribution in [0.3, 0.4) is 0 Å². The van der Waals surface area contributed by atoms with Crippen LogP contribution in [0.15, 0.2) is 42.5 Å². The lowest BCUT2D eigenvalue weighted by molar-refractivity contribution is -0.146. The van der Waals surface area contributed by atoms with Crippen molar-refractivity contribution >= 4 is 23.5 Å². The second kappa shape index (κ2) is 11.4. The van der Waals surface area contributed by atoms with Gasteiger partial charge in [0.25, 0.3) is 11.8 Å². The molecule has 8 heteroatoms. The minimum atomic E-state index is -0.745. The first-order chi connectivity index (χ1) is 14.9. The highest BCUT2D eigenvalue weighted by Gasteiger charge is 2.20. The molecule has 0 fully saturated rings. The second-order valence-corrected chi connectivity index (χ2v) is 6.77. The number of anilines is 1. The van der Waals surface area contributed by atoms with Gasteiger partial charge in [-0.05, 0) is 49.2 Å². The summed E-state index contributed by atoms with van der Waals surface area (Å²) < 4.78 is 10.3. The lowest BCUT2D eigenvalue weighted by atomic mass is 10.1. The lowest BCUT2D eigenvalue weighted by Crippen LogP contribution is -2.37. The van der Waals surface area contributed by atoms with Gasteiger partial charge in [-0.2, -0.15) is 5.26 Å². The second-order valence-electron chi connectivity index (χ2n) is 6.77. The van der Waals surface area contributed by atoms with Gasteiger partial charge >= 0.3 is 5.97 Å². The van der Waals surface area contributed by atoms with Gasteiger partial charge in [-0.3, -0.25) is 14.4 Å². The van der Waals surface area contributed by atoms with E-state index in [1.54, 1.807) is 36.4 Å². The predicted molar refractivity (Wildman–Crippen MR) is 115 cm³/mol. The Morgan fingerprint density at radius 1 is 1.10 bits per heavy atom. The smallest absolute Gasteiger partial charge is 0.325 e. The topological polar surface area (TPSA) is 109 Å². The Morgan fingerprint density at radius 3 is 2.52 bits per heavy atom. The molecule has 0 aliphatic carbocycles. The minimum Gasteiger partial charge on any atom is -0.495 e. The summed E-state index contributed by atoms with van der Waals surface area (Å²) in [5.74, 6) is -1.20. The van der Waals surface area contributed by atoms with Crippen LogP contribution in [0.4, 0.5) is 5.69 Å². The summed E-state index contributed by atoms with van der Waals surface area (Å²) in [7, 11) is 1.48.